The number of piperazine rings is 1. The van der Waals surface area contributed by atoms with Crippen LogP contribution in [0.2, 0.25) is 0 Å². The van der Waals surface area contributed by atoms with E-state index in [9.17, 15) is 5.11 Å². The van der Waals surface area contributed by atoms with Gasteiger partial charge >= 0.3 is 6.01 Å². The molecule has 8 nitrogen and oxygen atoms in total. The van der Waals surface area contributed by atoms with Crippen LogP contribution in [0.3, 0.4) is 0 Å². The maximum Gasteiger partial charge on any atom is 0.319 e. The fraction of sp³-hybridized carbons (Fsp3) is 0.514. The van der Waals surface area contributed by atoms with Crippen molar-refractivity contribution in [2.45, 2.75) is 76.9 Å². The average molecular weight is 579 g/mol. The highest BCUT2D eigenvalue weighted by atomic mass is 16.5. The summed E-state index contributed by atoms with van der Waals surface area (Å²) in [6.45, 7) is 11.4. The molecule has 4 fully saturated rings. The Bertz CT molecular complexity index is 1710. The van der Waals surface area contributed by atoms with E-state index in [0.29, 0.717) is 30.6 Å². The molecule has 8 rings (SSSR count). The van der Waals surface area contributed by atoms with Gasteiger partial charge in [-0.25, -0.2) is 0 Å². The van der Waals surface area contributed by atoms with E-state index >= 15 is 0 Å². The van der Waals surface area contributed by atoms with Gasteiger partial charge in [0.15, 0.2) is 0 Å². The monoisotopic (exact) mass is 578 g/mol. The number of nitrogens with one attached hydrogen (secondary N) is 1. The summed E-state index contributed by atoms with van der Waals surface area (Å²) < 4.78 is 6.66. The van der Waals surface area contributed by atoms with E-state index in [1.807, 2.05) is 30.3 Å². The predicted molar refractivity (Wildman–Crippen MR) is 171 cm³/mol. The van der Waals surface area contributed by atoms with Gasteiger partial charge in [-0.2, -0.15) is 9.97 Å². The first-order valence-electron chi connectivity index (χ1n) is 16.2. The van der Waals surface area contributed by atoms with Crippen LogP contribution in [0.1, 0.15) is 57.2 Å². The molecule has 0 radical (unpaired) electrons. The molecule has 6 heterocycles. The van der Waals surface area contributed by atoms with E-state index < -0.39 is 0 Å². The molecule has 8 heteroatoms. The summed E-state index contributed by atoms with van der Waals surface area (Å²) in [5.74, 6) is 1.88. The van der Waals surface area contributed by atoms with Crippen molar-refractivity contribution in [3.05, 3.63) is 47.7 Å². The summed E-state index contributed by atoms with van der Waals surface area (Å²) in [5.41, 5.74) is 4.80. The predicted octanol–water partition coefficient (Wildman–Crippen LogP) is 5.62. The van der Waals surface area contributed by atoms with E-state index in [-0.39, 0.29) is 11.3 Å². The molecule has 0 aliphatic carbocycles. The van der Waals surface area contributed by atoms with Crippen LogP contribution in [0.4, 0.5) is 5.82 Å². The number of phenolic OH excluding ortho intramolecular Hbond substituents is 1. The summed E-state index contributed by atoms with van der Waals surface area (Å²) in [6.07, 6.45) is 6.74. The Kier molecular flexibility index (Phi) is 6.49. The molecule has 4 aliphatic rings. The molecule has 4 saturated heterocycles. The smallest absolute Gasteiger partial charge is 0.319 e. The standard InChI is InChI=1S/C35H42N6O2/c1-4-27-31(29-15-26(42)14-23-8-5-6-9-28(23)29)36-22(3)30-32(27)38-34(39-33(30)40-18-24-10-11-25(19-40)37-24)43-20-35-12-7-13-41(35)17-21(2)16-35/h5-6,8-9,14-15,21,24-25,37,42H,4,7,10-13,16-20H2,1-3H3/t21-,24?,25?,35+/m1/s1. The van der Waals surface area contributed by atoms with Crippen molar-refractivity contribution in [3.8, 4) is 23.0 Å². The van der Waals surface area contributed by atoms with Crippen LogP contribution in [0.5, 0.6) is 11.8 Å². The quantitative estimate of drug-likeness (QED) is 0.305. The molecule has 4 aliphatic heterocycles. The zero-order valence-electron chi connectivity index (χ0n) is 25.6. The van der Waals surface area contributed by atoms with Crippen molar-refractivity contribution < 1.29 is 9.84 Å². The SMILES string of the molecule is CCc1c(-c2cc(O)cc3ccccc23)nc(C)c2c(N3CC4CCC(C3)N4)nc(OC[C@@]34CCCN3C[C@H](C)C4)nc12. The molecule has 4 atom stereocenters. The van der Waals surface area contributed by atoms with E-state index in [1.54, 1.807) is 0 Å². The van der Waals surface area contributed by atoms with Crippen LogP contribution in [0.25, 0.3) is 32.9 Å². The Morgan fingerprint density at radius 2 is 1.88 bits per heavy atom. The number of aryl methyl sites for hydroxylation is 2. The molecule has 2 bridgehead atoms. The molecule has 2 N–H and O–H groups in total. The second kappa shape index (κ2) is 10.3. The zero-order valence-corrected chi connectivity index (χ0v) is 25.6. The van der Waals surface area contributed by atoms with Crippen LogP contribution in [0.15, 0.2) is 36.4 Å². The number of aromatic nitrogens is 3. The number of pyridine rings is 1. The third-order valence-corrected chi connectivity index (χ3v) is 10.5. The third-order valence-electron chi connectivity index (χ3n) is 10.5. The largest absolute Gasteiger partial charge is 0.508 e. The lowest BCUT2D eigenvalue weighted by molar-refractivity contribution is 0.107. The van der Waals surface area contributed by atoms with Crippen molar-refractivity contribution in [1.82, 2.24) is 25.2 Å². The second-order valence-corrected chi connectivity index (χ2v) is 13.6. The summed E-state index contributed by atoms with van der Waals surface area (Å²) in [4.78, 5) is 20.7. The maximum absolute atomic E-state index is 10.7. The molecule has 43 heavy (non-hydrogen) atoms. The van der Waals surface area contributed by atoms with Gasteiger partial charge in [0.2, 0.25) is 0 Å². The van der Waals surface area contributed by atoms with Gasteiger partial charge in [-0.3, -0.25) is 9.88 Å². The normalized spacial score (nSPS) is 27.0. The highest BCUT2D eigenvalue weighted by molar-refractivity contribution is 6.02. The molecule has 4 aromatic rings. The second-order valence-electron chi connectivity index (χ2n) is 13.6. The van der Waals surface area contributed by atoms with Gasteiger partial charge in [-0.05, 0) is 80.8 Å². The Morgan fingerprint density at radius 1 is 1.07 bits per heavy atom. The number of ether oxygens (including phenoxy) is 1. The summed E-state index contributed by atoms with van der Waals surface area (Å²) >= 11 is 0. The molecule has 2 aromatic carbocycles. The minimum Gasteiger partial charge on any atom is -0.508 e. The van der Waals surface area contributed by atoms with Crippen molar-refractivity contribution in [2.75, 3.05) is 37.7 Å². The Morgan fingerprint density at radius 3 is 2.70 bits per heavy atom. The molecular formula is C35H42N6O2. The van der Waals surface area contributed by atoms with E-state index in [1.165, 1.54) is 32.1 Å². The molecule has 0 amide bonds. The summed E-state index contributed by atoms with van der Waals surface area (Å²) in [6, 6.07) is 13.3. The van der Waals surface area contributed by atoms with Crippen molar-refractivity contribution in [1.29, 1.82) is 0 Å². The van der Waals surface area contributed by atoms with Gasteiger partial charge in [0.1, 0.15) is 18.2 Å². The van der Waals surface area contributed by atoms with Gasteiger partial charge in [-0.15, -0.1) is 0 Å². The van der Waals surface area contributed by atoms with Crippen LogP contribution in [0, 0.1) is 12.8 Å². The average Bonchev–Trinajstić information content (AvgIpc) is 3.65. The molecule has 0 saturated carbocycles. The van der Waals surface area contributed by atoms with E-state index in [4.69, 9.17) is 19.7 Å². The number of aromatic hydroxyl groups is 1. The highest BCUT2D eigenvalue weighted by Crippen LogP contribution is 2.43. The minimum atomic E-state index is 0.0967. The Labute approximate surface area is 253 Å². The fourth-order valence-electron chi connectivity index (χ4n) is 8.72. The minimum absolute atomic E-state index is 0.0967. The highest BCUT2D eigenvalue weighted by Gasteiger charge is 2.48. The number of phenols is 1. The fourth-order valence-corrected chi connectivity index (χ4v) is 8.72. The first kappa shape index (κ1) is 27.1. The molecular weight excluding hydrogens is 536 g/mol. The summed E-state index contributed by atoms with van der Waals surface area (Å²) in [7, 11) is 0. The lowest BCUT2D eigenvalue weighted by Crippen LogP contribution is -2.51. The van der Waals surface area contributed by atoms with Gasteiger partial charge in [0.25, 0.3) is 0 Å². The lowest BCUT2D eigenvalue weighted by atomic mass is 9.92. The van der Waals surface area contributed by atoms with Gasteiger partial charge in [-0.1, -0.05) is 38.1 Å². The van der Waals surface area contributed by atoms with E-state index in [2.05, 4.69) is 42.0 Å². The Hall–Kier alpha value is -3.49. The topological polar surface area (TPSA) is 86.6 Å². The molecule has 2 aromatic heterocycles. The summed E-state index contributed by atoms with van der Waals surface area (Å²) in [5, 5.41) is 17.6. The Balaban J connectivity index is 1.29. The van der Waals surface area contributed by atoms with Gasteiger partial charge in [0, 0.05) is 42.8 Å². The van der Waals surface area contributed by atoms with Crippen molar-refractivity contribution in [2.24, 2.45) is 5.92 Å². The number of benzene rings is 2. The van der Waals surface area contributed by atoms with Gasteiger partial charge in [0.05, 0.1) is 27.8 Å². The zero-order chi connectivity index (χ0) is 29.3. The van der Waals surface area contributed by atoms with Crippen LogP contribution in [-0.2, 0) is 6.42 Å². The number of nitrogens with zero attached hydrogens (tertiary/aromatic N) is 5. The number of hydrogen-bond donors (Lipinski definition) is 2. The van der Waals surface area contributed by atoms with Gasteiger partial charge < -0.3 is 20.1 Å². The molecule has 0 spiro atoms. The number of rotatable bonds is 6. The lowest BCUT2D eigenvalue weighted by Gasteiger charge is -2.35. The van der Waals surface area contributed by atoms with Crippen molar-refractivity contribution in [3.63, 3.8) is 0 Å². The van der Waals surface area contributed by atoms with Crippen LogP contribution in [-0.4, -0.2) is 75.4 Å². The third kappa shape index (κ3) is 4.52. The maximum atomic E-state index is 10.7. The number of fused-ring (bicyclic) bond motifs is 5. The number of anilines is 1. The molecule has 2 unspecified atom stereocenters. The molecule has 224 valence electrons. The van der Waals surface area contributed by atoms with Crippen LogP contribution >= 0.6 is 0 Å². The number of hydrogen-bond acceptors (Lipinski definition) is 8. The van der Waals surface area contributed by atoms with E-state index in [0.717, 1.165) is 82.6 Å². The van der Waals surface area contributed by atoms with Crippen LogP contribution < -0.4 is 15.0 Å². The first-order valence-corrected chi connectivity index (χ1v) is 16.2. The van der Waals surface area contributed by atoms with Crippen molar-refractivity contribution >= 4 is 27.5 Å². The first-order chi connectivity index (χ1) is 20.9.